The van der Waals surface area contributed by atoms with Crippen LogP contribution in [0.4, 0.5) is 0 Å². The van der Waals surface area contributed by atoms with Crippen molar-refractivity contribution >= 4 is 23.7 Å². The number of unbranched alkanes of at least 4 members (excludes halogenated alkanes) is 1. The second-order valence-electron chi connectivity index (χ2n) is 9.84. The molecule has 0 unspecified atom stereocenters. The van der Waals surface area contributed by atoms with E-state index in [0.717, 1.165) is 0 Å². The predicted molar refractivity (Wildman–Crippen MR) is 128 cm³/mol. The van der Waals surface area contributed by atoms with Crippen molar-refractivity contribution in [3.63, 3.8) is 0 Å². The van der Waals surface area contributed by atoms with Gasteiger partial charge in [0.25, 0.3) is 0 Å². The van der Waals surface area contributed by atoms with Crippen LogP contribution in [0, 0.1) is 17.8 Å². The van der Waals surface area contributed by atoms with Crippen molar-refractivity contribution in [3.8, 4) is 0 Å². The average Bonchev–Trinajstić information content (AvgIpc) is 2.69. The Morgan fingerprint density at radius 2 is 1.30 bits per heavy atom. The van der Waals surface area contributed by atoms with E-state index in [-0.39, 0.29) is 24.2 Å². The Hall–Kier alpha value is -2.20. The summed E-state index contributed by atoms with van der Waals surface area (Å²) in [4.78, 5) is 49.9. The van der Waals surface area contributed by atoms with Gasteiger partial charge in [0, 0.05) is 0 Å². The van der Waals surface area contributed by atoms with Gasteiger partial charge >= 0.3 is 5.97 Å². The first kappa shape index (κ1) is 30.8. The lowest BCUT2D eigenvalue weighted by atomic mass is 9.98. The van der Waals surface area contributed by atoms with Gasteiger partial charge in [-0.25, -0.2) is 4.79 Å². The molecule has 0 spiro atoms. The summed E-state index contributed by atoms with van der Waals surface area (Å²) in [5.41, 5.74) is 11.4. The summed E-state index contributed by atoms with van der Waals surface area (Å²) in [5.74, 6) is -2.61. The molecule has 0 saturated heterocycles. The van der Waals surface area contributed by atoms with E-state index in [1.165, 1.54) is 0 Å². The summed E-state index contributed by atoms with van der Waals surface area (Å²) < 4.78 is 0. The van der Waals surface area contributed by atoms with Crippen molar-refractivity contribution in [1.82, 2.24) is 16.0 Å². The summed E-state index contributed by atoms with van der Waals surface area (Å²) in [6.07, 6.45) is 2.32. The molecule has 0 heterocycles. The van der Waals surface area contributed by atoms with Crippen LogP contribution in [0.25, 0.3) is 0 Å². The molecule has 8 N–H and O–H groups in total. The number of hydrogen-bond acceptors (Lipinski definition) is 6. The van der Waals surface area contributed by atoms with E-state index in [0.29, 0.717) is 32.2 Å². The highest BCUT2D eigenvalue weighted by Crippen LogP contribution is 2.10. The zero-order chi connectivity index (χ0) is 25.7. The molecule has 0 aliphatic carbocycles. The lowest BCUT2D eigenvalue weighted by Gasteiger charge is -2.28. The maximum atomic E-state index is 13.0. The number of hydrogen-bond donors (Lipinski definition) is 6. The van der Waals surface area contributed by atoms with E-state index in [1.807, 2.05) is 27.7 Å². The molecule has 4 atom stereocenters. The largest absolute Gasteiger partial charge is 0.480 e. The molecule has 0 bridgehead atoms. The molecule has 192 valence electrons. The number of carboxylic acid groups (broad SMARTS) is 1. The molecular weight excluding hydrogens is 426 g/mol. The van der Waals surface area contributed by atoms with Crippen LogP contribution >= 0.6 is 0 Å². The first-order chi connectivity index (χ1) is 15.3. The van der Waals surface area contributed by atoms with Crippen LogP contribution in [0.3, 0.4) is 0 Å². The van der Waals surface area contributed by atoms with Gasteiger partial charge in [0.15, 0.2) is 0 Å². The SMILES string of the molecule is CC(C)C[C@H](NC(=O)[C@@H](N)CC(C)C)C(=O)N[C@H](C(=O)N[C@@H](CCCCN)C(=O)O)C(C)C. The number of amides is 3. The molecule has 10 nitrogen and oxygen atoms in total. The predicted octanol–water partition coefficient (Wildman–Crippen LogP) is 0.730. The first-order valence-electron chi connectivity index (χ1n) is 11.9. The third-order valence-electron chi connectivity index (χ3n) is 5.21. The second-order valence-corrected chi connectivity index (χ2v) is 9.84. The molecule has 0 aromatic heterocycles. The number of carbonyl (C=O) groups is 4. The highest BCUT2D eigenvalue weighted by atomic mass is 16.4. The number of rotatable bonds is 16. The Morgan fingerprint density at radius 3 is 1.76 bits per heavy atom. The summed E-state index contributed by atoms with van der Waals surface area (Å²) in [6.45, 7) is 11.7. The molecule has 0 aromatic carbocycles. The van der Waals surface area contributed by atoms with E-state index in [4.69, 9.17) is 11.5 Å². The van der Waals surface area contributed by atoms with Gasteiger partial charge in [0.1, 0.15) is 18.1 Å². The van der Waals surface area contributed by atoms with E-state index >= 15 is 0 Å². The number of carboxylic acids is 1. The first-order valence-corrected chi connectivity index (χ1v) is 11.9. The molecule has 0 aromatic rings. The maximum absolute atomic E-state index is 13.0. The van der Waals surface area contributed by atoms with Crippen LogP contribution in [0.2, 0.25) is 0 Å². The van der Waals surface area contributed by atoms with Crippen LogP contribution in [-0.4, -0.2) is 59.5 Å². The minimum atomic E-state index is -1.14. The molecule has 3 amide bonds. The summed E-state index contributed by atoms with van der Waals surface area (Å²) in [6, 6.07) is -3.61. The second kappa shape index (κ2) is 15.6. The zero-order valence-electron chi connectivity index (χ0n) is 21.0. The third-order valence-corrected chi connectivity index (χ3v) is 5.21. The molecule has 0 radical (unpaired) electrons. The van der Waals surface area contributed by atoms with Crippen molar-refractivity contribution in [1.29, 1.82) is 0 Å². The average molecular weight is 472 g/mol. The number of aliphatic carboxylic acids is 1. The molecule has 0 fully saturated rings. The quantitative estimate of drug-likeness (QED) is 0.180. The molecule has 0 aliphatic rings. The monoisotopic (exact) mass is 471 g/mol. The molecule has 10 heteroatoms. The van der Waals surface area contributed by atoms with Crippen LogP contribution < -0.4 is 27.4 Å². The topological polar surface area (TPSA) is 177 Å². The minimum absolute atomic E-state index is 0.104. The van der Waals surface area contributed by atoms with Crippen molar-refractivity contribution in [2.24, 2.45) is 29.2 Å². The van der Waals surface area contributed by atoms with Crippen LogP contribution in [-0.2, 0) is 19.2 Å². The third kappa shape index (κ3) is 12.6. The fourth-order valence-electron chi connectivity index (χ4n) is 3.40. The molecule has 0 rings (SSSR count). The van der Waals surface area contributed by atoms with Gasteiger partial charge in [0.05, 0.1) is 6.04 Å². The molecular formula is C23H45N5O5. The zero-order valence-corrected chi connectivity index (χ0v) is 21.0. The van der Waals surface area contributed by atoms with Gasteiger partial charge in [-0.1, -0.05) is 41.5 Å². The smallest absolute Gasteiger partial charge is 0.326 e. The van der Waals surface area contributed by atoms with E-state index in [9.17, 15) is 24.3 Å². The standard InChI is InChI=1S/C23H45N5O5/c1-13(2)11-16(25)20(29)27-18(12-14(3)4)21(30)28-19(15(5)6)22(31)26-17(23(32)33)9-7-8-10-24/h13-19H,7-12,24-25H2,1-6H3,(H,26,31)(H,27,29)(H,28,30)(H,32,33)/t16-,17-,18-,19-/m0/s1. The van der Waals surface area contributed by atoms with Crippen LogP contribution in [0.15, 0.2) is 0 Å². The summed E-state index contributed by atoms with van der Waals surface area (Å²) in [7, 11) is 0. The van der Waals surface area contributed by atoms with Gasteiger partial charge < -0.3 is 32.5 Å². The summed E-state index contributed by atoms with van der Waals surface area (Å²) in [5, 5.41) is 17.4. The van der Waals surface area contributed by atoms with Crippen LogP contribution in [0.1, 0.15) is 73.6 Å². The number of carbonyl (C=O) groups excluding carboxylic acids is 3. The van der Waals surface area contributed by atoms with Gasteiger partial charge in [-0.3, -0.25) is 14.4 Å². The molecule has 33 heavy (non-hydrogen) atoms. The fourth-order valence-corrected chi connectivity index (χ4v) is 3.40. The van der Waals surface area contributed by atoms with E-state index in [1.54, 1.807) is 13.8 Å². The Bertz CT molecular complexity index is 639. The lowest BCUT2D eigenvalue weighted by Crippen LogP contribution is -2.58. The molecule has 0 saturated carbocycles. The van der Waals surface area contributed by atoms with Crippen LogP contribution in [0.5, 0.6) is 0 Å². The highest BCUT2D eigenvalue weighted by Gasteiger charge is 2.32. The normalized spacial score (nSPS) is 15.1. The van der Waals surface area contributed by atoms with Gasteiger partial charge in [-0.2, -0.15) is 0 Å². The van der Waals surface area contributed by atoms with E-state index in [2.05, 4.69) is 16.0 Å². The Labute approximate surface area is 198 Å². The molecule has 0 aliphatic heterocycles. The minimum Gasteiger partial charge on any atom is -0.480 e. The summed E-state index contributed by atoms with van der Waals surface area (Å²) >= 11 is 0. The van der Waals surface area contributed by atoms with Gasteiger partial charge in [0.2, 0.25) is 17.7 Å². The van der Waals surface area contributed by atoms with Crippen molar-refractivity contribution in [2.45, 2.75) is 97.8 Å². The highest BCUT2D eigenvalue weighted by molar-refractivity contribution is 5.94. The fraction of sp³-hybridized carbons (Fsp3) is 0.826. The van der Waals surface area contributed by atoms with Gasteiger partial charge in [-0.05, 0) is 56.4 Å². The van der Waals surface area contributed by atoms with Crippen molar-refractivity contribution in [3.05, 3.63) is 0 Å². The lowest BCUT2D eigenvalue weighted by molar-refractivity contribution is -0.142. The number of nitrogens with one attached hydrogen (secondary N) is 3. The number of nitrogens with two attached hydrogens (primary N) is 2. The Kier molecular flexibility index (Phi) is 14.6. The Balaban J connectivity index is 5.36. The van der Waals surface area contributed by atoms with E-state index < -0.39 is 47.9 Å². The van der Waals surface area contributed by atoms with Gasteiger partial charge in [-0.15, -0.1) is 0 Å². The Morgan fingerprint density at radius 1 is 0.758 bits per heavy atom. The van der Waals surface area contributed by atoms with Crippen molar-refractivity contribution < 1.29 is 24.3 Å². The van der Waals surface area contributed by atoms with Crippen molar-refractivity contribution in [2.75, 3.05) is 6.54 Å². The maximum Gasteiger partial charge on any atom is 0.326 e.